The third kappa shape index (κ3) is 2.51. The average Bonchev–Trinajstić information content (AvgIpc) is 2.38. The van der Waals surface area contributed by atoms with Crippen molar-refractivity contribution < 1.29 is 9.53 Å². The van der Waals surface area contributed by atoms with Gasteiger partial charge in [0.05, 0.1) is 12.2 Å². The number of ketones is 1. The maximum Gasteiger partial charge on any atom is 0.139 e. The Labute approximate surface area is 90.8 Å². The third-order valence-corrected chi connectivity index (χ3v) is 3.78. The van der Waals surface area contributed by atoms with Crippen LogP contribution in [0.2, 0.25) is 0 Å². The van der Waals surface area contributed by atoms with Gasteiger partial charge in [-0.1, -0.05) is 6.92 Å². The molecule has 0 bridgehead atoms. The molecule has 1 aliphatic rings. The molecule has 14 heavy (non-hydrogen) atoms. The number of carbonyl (C=O) groups excluding carboxylic acids is 1. The fourth-order valence-electron chi connectivity index (χ4n) is 2.19. The van der Waals surface area contributed by atoms with Crippen LogP contribution in [0.3, 0.4) is 0 Å². The topological polar surface area (TPSA) is 26.3 Å². The van der Waals surface area contributed by atoms with Gasteiger partial charge in [0, 0.05) is 12.3 Å². The minimum absolute atomic E-state index is 0.106. The first kappa shape index (κ1) is 12.1. The highest BCUT2D eigenvalue weighted by atomic mass is 32.2. The van der Waals surface area contributed by atoms with E-state index in [2.05, 4.69) is 13.8 Å². The molecule has 82 valence electrons. The molecule has 0 saturated carbocycles. The molecule has 0 radical (unpaired) electrons. The summed E-state index contributed by atoms with van der Waals surface area (Å²) < 4.78 is 5.66. The molecule has 1 rings (SSSR count). The standard InChI is InChI=1S/C11H20O2S/c1-7-8(2)13-9(3)11(7)10(12)5-6-14-4/h7-9,11H,5-6H2,1-4H3. The van der Waals surface area contributed by atoms with Crippen molar-refractivity contribution in [3.8, 4) is 0 Å². The molecule has 0 aliphatic carbocycles. The van der Waals surface area contributed by atoms with Gasteiger partial charge in [-0.15, -0.1) is 0 Å². The maximum atomic E-state index is 11.9. The Kier molecular flexibility index (Phi) is 4.45. The van der Waals surface area contributed by atoms with Crippen molar-refractivity contribution in [1.29, 1.82) is 0 Å². The van der Waals surface area contributed by atoms with Gasteiger partial charge in [0.2, 0.25) is 0 Å². The van der Waals surface area contributed by atoms with Gasteiger partial charge in [0.25, 0.3) is 0 Å². The summed E-state index contributed by atoms with van der Waals surface area (Å²) in [6, 6.07) is 0. The first-order valence-electron chi connectivity index (χ1n) is 5.25. The summed E-state index contributed by atoms with van der Waals surface area (Å²) in [5.74, 6) is 1.81. The van der Waals surface area contributed by atoms with E-state index in [-0.39, 0.29) is 18.1 Å². The van der Waals surface area contributed by atoms with Crippen molar-refractivity contribution in [3.05, 3.63) is 0 Å². The van der Waals surface area contributed by atoms with Crippen molar-refractivity contribution >= 4 is 17.5 Å². The predicted molar refractivity (Wildman–Crippen MR) is 60.7 cm³/mol. The van der Waals surface area contributed by atoms with E-state index in [0.717, 1.165) is 5.75 Å². The van der Waals surface area contributed by atoms with Gasteiger partial charge in [0.1, 0.15) is 5.78 Å². The number of hydrogen-bond donors (Lipinski definition) is 0. The highest BCUT2D eigenvalue weighted by molar-refractivity contribution is 7.98. The summed E-state index contributed by atoms with van der Waals surface area (Å²) in [5, 5.41) is 0. The van der Waals surface area contributed by atoms with Gasteiger partial charge < -0.3 is 4.74 Å². The second kappa shape index (κ2) is 5.17. The molecular weight excluding hydrogens is 196 g/mol. The summed E-state index contributed by atoms with van der Waals surface area (Å²) in [4.78, 5) is 11.9. The summed E-state index contributed by atoms with van der Waals surface area (Å²) >= 11 is 1.73. The summed E-state index contributed by atoms with van der Waals surface area (Å²) in [5.41, 5.74) is 0. The van der Waals surface area contributed by atoms with Crippen LogP contribution < -0.4 is 0 Å². The Morgan fingerprint density at radius 1 is 1.29 bits per heavy atom. The fourth-order valence-corrected chi connectivity index (χ4v) is 2.60. The van der Waals surface area contributed by atoms with Gasteiger partial charge in [-0.25, -0.2) is 0 Å². The highest BCUT2D eigenvalue weighted by Crippen LogP contribution is 2.33. The van der Waals surface area contributed by atoms with E-state index in [0.29, 0.717) is 18.1 Å². The summed E-state index contributed by atoms with van der Waals surface area (Å²) in [6.45, 7) is 6.19. The quantitative estimate of drug-likeness (QED) is 0.721. The number of Topliss-reactive ketones (excluding diaryl/α,β-unsaturated/α-hetero) is 1. The van der Waals surface area contributed by atoms with Crippen LogP contribution >= 0.6 is 11.8 Å². The molecule has 1 saturated heterocycles. The number of rotatable bonds is 4. The van der Waals surface area contributed by atoms with Crippen molar-refractivity contribution in [3.63, 3.8) is 0 Å². The van der Waals surface area contributed by atoms with Gasteiger partial charge in [-0.3, -0.25) is 4.79 Å². The Morgan fingerprint density at radius 3 is 2.36 bits per heavy atom. The van der Waals surface area contributed by atoms with Crippen LogP contribution in [0.15, 0.2) is 0 Å². The molecule has 0 N–H and O–H groups in total. The SMILES string of the molecule is CSCCC(=O)C1C(C)OC(C)C1C. The first-order chi connectivity index (χ1) is 6.57. The zero-order valence-electron chi connectivity index (χ0n) is 9.45. The molecule has 4 atom stereocenters. The van der Waals surface area contributed by atoms with Crippen molar-refractivity contribution in [2.45, 2.75) is 39.4 Å². The van der Waals surface area contributed by atoms with Crippen LogP contribution in [0.5, 0.6) is 0 Å². The monoisotopic (exact) mass is 216 g/mol. The highest BCUT2D eigenvalue weighted by Gasteiger charge is 2.40. The molecule has 0 spiro atoms. The van der Waals surface area contributed by atoms with Crippen LogP contribution in [0, 0.1) is 11.8 Å². The number of hydrogen-bond acceptors (Lipinski definition) is 3. The lowest BCUT2D eigenvalue weighted by atomic mass is 9.85. The van der Waals surface area contributed by atoms with Gasteiger partial charge in [-0.2, -0.15) is 11.8 Å². The molecule has 0 aromatic carbocycles. The van der Waals surface area contributed by atoms with Crippen molar-refractivity contribution in [2.24, 2.45) is 11.8 Å². The van der Waals surface area contributed by atoms with Crippen LogP contribution in [0.25, 0.3) is 0 Å². The van der Waals surface area contributed by atoms with Gasteiger partial charge in [-0.05, 0) is 31.8 Å². The summed E-state index contributed by atoms with van der Waals surface area (Å²) in [6.07, 6.45) is 3.06. The molecule has 1 heterocycles. The Balaban J connectivity index is 2.53. The molecular formula is C11H20O2S. The van der Waals surface area contributed by atoms with E-state index in [1.807, 2.05) is 13.2 Å². The predicted octanol–water partition coefficient (Wildman–Crippen LogP) is 2.37. The maximum absolute atomic E-state index is 11.9. The lowest BCUT2D eigenvalue weighted by molar-refractivity contribution is -0.124. The molecule has 0 amide bonds. The van der Waals surface area contributed by atoms with Crippen LogP contribution in [-0.4, -0.2) is 30.0 Å². The molecule has 2 nitrogen and oxygen atoms in total. The third-order valence-electron chi connectivity index (χ3n) is 3.17. The lowest BCUT2D eigenvalue weighted by Crippen LogP contribution is -2.27. The smallest absolute Gasteiger partial charge is 0.139 e. The van der Waals surface area contributed by atoms with Crippen LogP contribution in [0.4, 0.5) is 0 Å². The van der Waals surface area contributed by atoms with E-state index in [1.165, 1.54) is 0 Å². The minimum Gasteiger partial charge on any atom is -0.375 e. The van der Waals surface area contributed by atoms with E-state index >= 15 is 0 Å². The zero-order valence-corrected chi connectivity index (χ0v) is 10.3. The second-order valence-corrected chi connectivity index (χ2v) is 5.13. The summed E-state index contributed by atoms with van der Waals surface area (Å²) in [7, 11) is 0. The second-order valence-electron chi connectivity index (χ2n) is 4.14. The normalized spacial score (nSPS) is 37.4. The molecule has 1 fully saturated rings. The van der Waals surface area contributed by atoms with Crippen molar-refractivity contribution in [2.75, 3.05) is 12.0 Å². The molecule has 4 unspecified atom stereocenters. The van der Waals surface area contributed by atoms with E-state index < -0.39 is 0 Å². The minimum atomic E-state index is 0.106. The van der Waals surface area contributed by atoms with Crippen LogP contribution in [0.1, 0.15) is 27.2 Å². The Morgan fingerprint density at radius 2 is 1.93 bits per heavy atom. The largest absolute Gasteiger partial charge is 0.375 e. The zero-order chi connectivity index (χ0) is 10.7. The van der Waals surface area contributed by atoms with Crippen LogP contribution in [-0.2, 0) is 9.53 Å². The van der Waals surface area contributed by atoms with Crippen molar-refractivity contribution in [1.82, 2.24) is 0 Å². The van der Waals surface area contributed by atoms with E-state index in [9.17, 15) is 4.79 Å². The lowest BCUT2D eigenvalue weighted by Gasteiger charge is -2.16. The van der Waals surface area contributed by atoms with E-state index in [4.69, 9.17) is 4.74 Å². The number of ether oxygens (including phenoxy) is 1. The number of thioether (sulfide) groups is 1. The van der Waals surface area contributed by atoms with Gasteiger partial charge in [0.15, 0.2) is 0 Å². The fraction of sp³-hybridized carbons (Fsp3) is 0.909. The first-order valence-corrected chi connectivity index (χ1v) is 6.64. The molecule has 3 heteroatoms. The van der Waals surface area contributed by atoms with E-state index in [1.54, 1.807) is 11.8 Å². The average molecular weight is 216 g/mol. The Bertz CT molecular complexity index is 205. The molecule has 0 aromatic rings. The van der Waals surface area contributed by atoms with Gasteiger partial charge >= 0.3 is 0 Å². The number of carbonyl (C=O) groups is 1. The molecule has 0 aromatic heterocycles. The Hall–Kier alpha value is -0.0200. The molecule has 1 aliphatic heterocycles.